The standard InChI is InChI=1S/C25H22N4S3/c1-16-9-11-18(12-10-16)22-17(2)30-15-21(22)23-27-28-25(29(23)3)32-14-20-13-31-24(26-20)19-7-5-4-6-8-19/h4-13,15H,14H2,1-3H3. The molecule has 0 aliphatic heterocycles. The average molecular weight is 475 g/mol. The number of hydrogen-bond acceptors (Lipinski definition) is 6. The minimum Gasteiger partial charge on any atom is -0.305 e. The van der Waals surface area contributed by atoms with Gasteiger partial charge in [-0.2, -0.15) is 0 Å². The summed E-state index contributed by atoms with van der Waals surface area (Å²) in [4.78, 5) is 6.09. The molecule has 0 radical (unpaired) electrons. The topological polar surface area (TPSA) is 43.6 Å². The lowest BCUT2D eigenvalue weighted by molar-refractivity contribution is 0.794. The molecule has 5 aromatic rings. The number of hydrogen-bond donors (Lipinski definition) is 0. The van der Waals surface area contributed by atoms with E-state index in [2.05, 4.69) is 75.8 Å². The molecule has 3 aromatic heterocycles. The first kappa shape index (κ1) is 21.1. The SMILES string of the molecule is Cc1ccc(-c2c(-c3nnc(SCc4csc(-c5ccccc5)n4)n3C)csc2C)cc1. The molecule has 0 fully saturated rings. The Kier molecular flexibility index (Phi) is 5.95. The molecule has 5 rings (SSSR count). The quantitative estimate of drug-likeness (QED) is 0.243. The van der Waals surface area contributed by atoms with Crippen LogP contribution in [0.1, 0.15) is 16.1 Å². The Morgan fingerprint density at radius 3 is 2.44 bits per heavy atom. The van der Waals surface area contributed by atoms with Crippen molar-refractivity contribution in [2.45, 2.75) is 24.8 Å². The van der Waals surface area contributed by atoms with E-state index in [4.69, 9.17) is 4.98 Å². The van der Waals surface area contributed by atoms with Crippen LogP contribution in [0.15, 0.2) is 70.5 Å². The van der Waals surface area contributed by atoms with E-state index < -0.39 is 0 Å². The molecule has 32 heavy (non-hydrogen) atoms. The van der Waals surface area contributed by atoms with Crippen LogP contribution in [0, 0.1) is 13.8 Å². The molecule has 3 heterocycles. The van der Waals surface area contributed by atoms with Crippen LogP contribution in [0.5, 0.6) is 0 Å². The summed E-state index contributed by atoms with van der Waals surface area (Å²) in [5.41, 5.74) is 7.09. The van der Waals surface area contributed by atoms with Gasteiger partial charge in [-0.25, -0.2) is 4.98 Å². The number of rotatable bonds is 6. The molecule has 0 N–H and O–H groups in total. The number of aromatic nitrogens is 4. The number of benzene rings is 2. The molecule has 0 bridgehead atoms. The van der Waals surface area contributed by atoms with Gasteiger partial charge < -0.3 is 4.57 Å². The van der Waals surface area contributed by atoms with Crippen molar-refractivity contribution in [3.05, 3.63) is 81.5 Å². The first-order chi connectivity index (χ1) is 15.6. The van der Waals surface area contributed by atoms with E-state index in [1.165, 1.54) is 21.6 Å². The van der Waals surface area contributed by atoms with Gasteiger partial charge in [0.15, 0.2) is 11.0 Å². The van der Waals surface area contributed by atoms with Gasteiger partial charge in [-0.15, -0.1) is 32.9 Å². The molecule has 0 amide bonds. The van der Waals surface area contributed by atoms with Crippen LogP contribution in [0.3, 0.4) is 0 Å². The first-order valence-corrected chi connectivity index (χ1v) is 13.0. The van der Waals surface area contributed by atoms with Gasteiger partial charge in [0.1, 0.15) is 5.01 Å². The molecule has 0 saturated carbocycles. The molecule has 0 aliphatic rings. The molecule has 0 spiro atoms. The lowest BCUT2D eigenvalue weighted by Crippen LogP contribution is -1.96. The van der Waals surface area contributed by atoms with Gasteiger partial charge in [0.2, 0.25) is 0 Å². The van der Waals surface area contributed by atoms with Gasteiger partial charge in [0, 0.05) is 45.1 Å². The van der Waals surface area contributed by atoms with E-state index in [9.17, 15) is 0 Å². The third-order valence-corrected chi connectivity index (χ3v) is 8.22. The fraction of sp³-hybridized carbons (Fsp3) is 0.160. The summed E-state index contributed by atoms with van der Waals surface area (Å²) in [6.07, 6.45) is 0. The van der Waals surface area contributed by atoms with E-state index >= 15 is 0 Å². The maximum absolute atomic E-state index is 4.80. The maximum atomic E-state index is 4.80. The summed E-state index contributed by atoms with van der Waals surface area (Å²) in [7, 11) is 2.04. The molecular formula is C25H22N4S3. The zero-order valence-corrected chi connectivity index (χ0v) is 20.5. The Bertz CT molecular complexity index is 1350. The second-order valence-corrected chi connectivity index (χ2v) is 10.5. The number of thiophene rings is 1. The highest BCUT2D eigenvalue weighted by atomic mass is 32.2. The van der Waals surface area contributed by atoms with Gasteiger partial charge in [-0.05, 0) is 19.4 Å². The van der Waals surface area contributed by atoms with Crippen LogP contribution in [0.4, 0.5) is 0 Å². The number of thiazole rings is 1. The van der Waals surface area contributed by atoms with Crippen LogP contribution in [-0.2, 0) is 12.8 Å². The Labute approximate surface area is 200 Å². The number of thioether (sulfide) groups is 1. The lowest BCUT2D eigenvalue weighted by atomic mass is 10.0. The summed E-state index contributed by atoms with van der Waals surface area (Å²) >= 11 is 5.11. The number of aryl methyl sites for hydroxylation is 2. The summed E-state index contributed by atoms with van der Waals surface area (Å²) in [5, 5.41) is 15.3. The third-order valence-electron chi connectivity index (χ3n) is 5.31. The molecule has 0 aliphatic carbocycles. The van der Waals surface area contributed by atoms with Crippen LogP contribution < -0.4 is 0 Å². The van der Waals surface area contributed by atoms with E-state index in [-0.39, 0.29) is 0 Å². The summed E-state index contributed by atoms with van der Waals surface area (Å²) in [6.45, 7) is 4.28. The summed E-state index contributed by atoms with van der Waals surface area (Å²) in [6, 6.07) is 19.0. The van der Waals surface area contributed by atoms with Crippen molar-refractivity contribution in [3.8, 4) is 33.1 Å². The Morgan fingerprint density at radius 2 is 1.66 bits per heavy atom. The summed E-state index contributed by atoms with van der Waals surface area (Å²) < 4.78 is 2.09. The minimum absolute atomic E-state index is 0.767. The van der Waals surface area contributed by atoms with Crippen molar-refractivity contribution in [1.29, 1.82) is 0 Å². The van der Waals surface area contributed by atoms with Gasteiger partial charge in [-0.3, -0.25) is 0 Å². The lowest BCUT2D eigenvalue weighted by Gasteiger charge is -2.07. The minimum atomic E-state index is 0.767. The van der Waals surface area contributed by atoms with Crippen molar-refractivity contribution < 1.29 is 0 Å². The van der Waals surface area contributed by atoms with E-state index in [1.807, 2.05) is 25.2 Å². The first-order valence-electron chi connectivity index (χ1n) is 10.3. The average Bonchev–Trinajstić information content (AvgIpc) is 3.53. The van der Waals surface area contributed by atoms with Gasteiger partial charge >= 0.3 is 0 Å². The second-order valence-electron chi connectivity index (χ2n) is 7.61. The Morgan fingerprint density at radius 1 is 0.875 bits per heavy atom. The molecule has 0 saturated heterocycles. The smallest absolute Gasteiger partial charge is 0.191 e. The van der Waals surface area contributed by atoms with Crippen LogP contribution in [0.25, 0.3) is 33.1 Å². The molecule has 7 heteroatoms. The van der Waals surface area contributed by atoms with Gasteiger partial charge in [-0.1, -0.05) is 71.9 Å². The fourth-order valence-corrected chi connectivity index (χ4v) is 6.20. The van der Waals surface area contributed by atoms with Crippen molar-refractivity contribution in [3.63, 3.8) is 0 Å². The predicted octanol–water partition coefficient (Wildman–Crippen LogP) is 7.24. The second kappa shape index (κ2) is 9.02. The zero-order chi connectivity index (χ0) is 22.1. The fourth-order valence-electron chi connectivity index (χ4n) is 3.60. The van der Waals surface area contributed by atoms with Crippen molar-refractivity contribution in [2.24, 2.45) is 7.05 Å². The monoisotopic (exact) mass is 474 g/mol. The molecule has 0 unspecified atom stereocenters. The van der Waals surface area contributed by atoms with E-state index in [0.717, 1.165) is 38.6 Å². The van der Waals surface area contributed by atoms with E-state index in [0.29, 0.717) is 0 Å². The largest absolute Gasteiger partial charge is 0.305 e. The molecule has 2 aromatic carbocycles. The number of nitrogens with zero attached hydrogens (tertiary/aromatic N) is 4. The normalized spacial score (nSPS) is 11.2. The van der Waals surface area contributed by atoms with Gasteiger partial charge in [0.05, 0.1) is 5.69 Å². The Hall–Kier alpha value is -2.74. The predicted molar refractivity (Wildman–Crippen MR) is 136 cm³/mol. The highest BCUT2D eigenvalue weighted by molar-refractivity contribution is 7.98. The highest BCUT2D eigenvalue weighted by Crippen LogP contribution is 2.39. The molecule has 4 nitrogen and oxygen atoms in total. The molecular weight excluding hydrogens is 453 g/mol. The Balaban J connectivity index is 1.37. The molecule has 160 valence electrons. The van der Waals surface area contributed by atoms with Crippen LogP contribution in [0.2, 0.25) is 0 Å². The maximum Gasteiger partial charge on any atom is 0.191 e. The van der Waals surface area contributed by atoms with Crippen molar-refractivity contribution in [2.75, 3.05) is 0 Å². The molecule has 0 atom stereocenters. The zero-order valence-electron chi connectivity index (χ0n) is 18.1. The van der Waals surface area contributed by atoms with Crippen LogP contribution >= 0.6 is 34.4 Å². The summed E-state index contributed by atoms with van der Waals surface area (Å²) in [5.74, 6) is 1.67. The van der Waals surface area contributed by atoms with Crippen molar-refractivity contribution in [1.82, 2.24) is 19.7 Å². The third kappa shape index (κ3) is 4.16. The van der Waals surface area contributed by atoms with E-state index in [1.54, 1.807) is 34.4 Å². The van der Waals surface area contributed by atoms with Crippen molar-refractivity contribution >= 4 is 34.4 Å². The van der Waals surface area contributed by atoms with Crippen LogP contribution in [-0.4, -0.2) is 19.7 Å². The van der Waals surface area contributed by atoms with Gasteiger partial charge in [0.25, 0.3) is 0 Å². The highest BCUT2D eigenvalue weighted by Gasteiger charge is 2.19.